The van der Waals surface area contributed by atoms with Crippen molar-refractivity contribution < 1.29 is 9.05 Å². The lowest BCUT2D eigenvalue weighted by atomic mass is 9.86. The van der Waals surface area contributed by atoms with Crippen molar-refractivity contribution in [3.05, 3.63) is 17.1 Å². The molecule has 0 atom stereocenters. The standard InChI is InChI=1S/C16H22N4O2/c1-2-4-11(5-3-1)6-7-14-18-16(22-19-14)15-12-10-17-9-8-13(12)21-20-15/h11,17H,1-10H2. The Morgan fingerprint density at radius 2 is 2.00 bits per heavy atom. The van der Waals surface area contributed by atoms with E-state index < -0.39 is 0 Å². The van der Waals surface area contributed by atoms with E-state index in [2.05, 4.69) is 20.6 Å². The van der Waals surface area contributed by atoms with Crippen molar-refractivity contribution in [1.82, 2.24) is 20.6 Å². The second-order valence-corrected chi connectivity index (χ2v) is 6.42. The predicted octanol–water partition coefficient (Wildman–Crippen LogP) is 2.88. The lowest BCUT2D eigenvalue weighted by Crippen LogP contribution is -2.22. The minimum absolute atomic E-state index is 0.493. The highest BCUT2D eigenvalue weighted by Crippen LogP contribution is 2.29. The van der Waals surface area contributed by atoms with Crippen molar-refractivity contribution in [3.63, 3.8) is 0 Å². The van der Waals surface area contributed by atoms with E-state index >= 15 is 0 Å². The molecule has 0 aromatic carbocycles. The Hall–Kier alpha value is -1.69. The summed E-state index contributed by atoms with van der Waals surface area (Å²) in [5.74, 6) is 3.06. The van der Waals surface area contributed by atoms with Crippen LogP contribution in [0.3, 0.4) is 0 Å². The third-order valence-corrected chi connectivity index (χ3v) is 4.87. The van der Waals surface area contributed by atoms with E-state index in [9.17, 15) is 0 Å². The molecule has 4 rings (SSSR count). The van der Waals surface area contributed by atoms with E-state index in [0.29, 0.717) is 11.6 Å². The van der Waals surface area contributed by atoms with E-state index in [1.165, 1.54) is 32.1 Å². The van der Waals surface area contributed by atoms with Gasteiger partial charge >= 0.3 is 0 Å². The Kier molecular flexibility index (Phi) is 3.93. The fourth-order valence-corrected chi connectivity index (χ4v) is 3.57. The topological polar surface area (TPSA) is 77.0 Å². The molecule has 2 aromatic rings. The zero-order valence-electron chi connectivity index (χ0n) is 12.8. The SMILES string of the molecule is C1CCC(CCc2noc(-c3noc4c3CNCC4)n2)CC1. The molecule has 6 heteroatoms. The summed E-state index contributed by atoms with van der Waals surface area (Å²) in [6.07, 6.45) is 9.78. The molecular weight excluding hydrogens is 280 g/mol. The van der Waals surface area contributed by atoms with Gasteiger partial charge in [-0.15, -0.1) is 0 Å². The molecule has 1 aliphatic carbocycles. The van der Waals surface area contributed by atoms with E-state index in [-0.39, 0.29) is 0 Å². The number of fused-ring (bicyclic) bond motifs is 1. The molecule has 2 aromatic heterocycles. The summed E-state index contributed by atoms with van der Waals surface area (Å²) in [4.78, 5) is 4.52. The first-order valence-corrected chi connectivity index (χ1v) is 8.41. The van der Waals surface area contributed by atoms with Crippen LogP contribution in [0.2, 0.25) is 0 Å². The average Bonchev–Trinajstić information content (AvgIpc) is 3.20. The molecule has 6 nitrogen and oxygen atoms in total. The van der Waals surface area contributed by atoms with Crippen LogP contribution in [0.15, 0.2) is 9.05 Å². The second kappa shape index (κ2) is 6.20. The largest absolute Gasteiger partial charge is 0.360 e. The minimum atomic E-state index is 0.493. The van der Waals surface area contributed by atoms with Crippen LogP contribution in [-0.4, -0.2) is 21.8 Å². The highest BCUT2D eigenvalue weighted by molar-refractivity contribution is 5.53. The normalized spacial score (nSPS) is 19.3. The van der Waals surface area contributed by atoms with Crippen molar-refractivity contribution in [2.45, 2.75) is 57.9 Å². The number of nitrogens with one attached hydrogen (secondary N) is 1. The Morgan fingerprint density at radius 1 is 1.09 bits per heavy atom. The van der Waals surface area contributed by atoms with Crippen LogP contribution in [0.4, 0.5) is 0 Å². The van der Waals surface area contributed by atoms with Crippen LogP contribution in [0, 0.1) is 5.92 Å². The quantitative estimate of drug-likeness (QED) is 0.935. The van der Waals surface area contributed by atoms with Gasteiger partial charge in [-0.05, 0) is 12.3 Å². The fourth-order valence-electron chi connectivity index (χ4n) is 3.57. The number of nitrogens with zero attached hydrogens (tertiary/aromatic N) is 3. The highest BCUT2D eigenvalue weighted by Gasteiger charge is 2.24. The third kappa shape index (κ3) is 2.79. The number of rotatable bonds is 4. The first-order valence-electron chi connectivity index (χ1n) is 8.41. The number of aryl methyl sites for hydroxylation is 1. The van der Waals surface area contributed by atoms with Gasteiger partial charge in [-0.3, -0.25) is 0 Å². The molecule has 118 valence electrons. The zero-order chi connectivity index (χ0) is 14.8. The van der Waals surface area contributed by atoms with Crippen molar-refractivity contribution in [1.29, 1.82) is 0 Å². The maximum absolute atomic E-state index is 5.40. The van der Waals surface area contributed by atoms with Gasteiger partial charge in [0.05, 0.1) is 0 Å². The molecule has 3 heterocycles. The van der Waals surface area contributed by atoms with E-state index in [1.54, 1.807) is 0 Å². The molecule has 0 bridgehead atoms. The third-order valence-electron chi connectivity index (χ3n) is 4.87. The van der Waals surface area contributed by atoms with Gasteiger partial charge in [0.25, 0.3) is 5.89 Å². The molecule has 1 fully saturated rings. The molecule has 22 heavy (non-hydrogen) atoms. The fraction of sp³-hybridized carbons (Fsp3) is 0.688. The first-order chi connectivity index (χ1) is 10.9. The summed E-state index contributed by atoms with van der Waals surface area (Å²) in [5, 5.41) is 11.6. The van der Waals surface area contributed by atoms with Crippen LogP contribution in [0.5, 0.6) is 0 Å². The van der Waals surface area contributed by atoms with Crippen LogP contribution >= 0.6 is 0 Å². The minimum Gasteiger partial charge on any atom is -0.360 e. The summed E-state index contributed by atoms with van der Waals surface area (Å²) in [7, 11) is 0. The maximum atomic E-state index is 5.40. The maximum Gasteiger partial charge on any atom is 0.280 e. The van der Waals surface area contributed by atoms with Gasteiger partial charge in [-0.2, -0.15) is 4.98 Å². The lowest BCUT2D eigenvalue weighted by molar-refractivity contribution is 0.334. The van der Waals surface area contributed by atoms with Crippen molar-refractivity contribution >= 4 is 0 Å². The van der Waals surface area contributed by atoms with Crippen molar-refractivity contribution in [2.75, 3.05) is 6.54 Å². The summed E-state index contributed by atoms with van der Waals surface area (Å²) in [5.41, 5.74) is 1.77. The molecule has 1 aliphatic heterocycles. The number of hydrogen-bond acceptors (Lipinski definition) is 6. The van der Waals surface area contributed by atoms with Gasteiger partial charge in [-0.1, -0.05) is 42.4 Å². The lowest BCUT2D eigenvalue weighted by Gasteiger charge is -2.20. The molecule has 0 saturated heterocycles. The smallest absolute Gasteiger partial charge is 0.280 e. The summed E-state index contributed by atoms with van der Waals surface area (Å²) in [6.45, 7) is 1.69. The Morgan fingerprint density at radius 3 is 2.91 bits per heavy atom. The van der Waals surface area contributed by atoms with Gasteiger partial charge in [0.1, 0.15) is 5.76 Å². The van der Waals surface area contributed by atoms with Gasteiger partial charge in [0.15, 0.2) is 11.5 Å². The molecule has 0 amide bonds. The molecule has 1 N–H and O–H groups in total. The Bertz CT molecular complexity index is 628. The summed E-state index contributed by atoms with van der Waals surface area (Å²) < 4.78 is 10.8. The Labute approximate surface area is 129 Å². The van der Waals surface area contributed by atoms with E-state index in [1.807, 2.05) is 0 Å². The van der Waals surface area contributed by atoms with Crippen LogP contribution in [0.25, 0.3) is 11.6 Å². The van der Waals surface area contributed by atoms with E-state index in [0.717, 1.165) is 55.4 Å². The number of hydrogen-bond donors (Lipinski definition) is 1. The van der Waals surface area contributed by atoms with Crippen molar-refractivity contribution in [3.8, 4) is 11.6 Å². The van der Waals surface area contributed by atoms with Crippen LogP contribution < -0.4 is 5.32 Å². The first kappa shape index (κ1) is 13.9. The van der Waals surface area contributed by atoms with E-state index in [4.69, 9.17) is 9.05 Å². The van der Waals surface area contributed by atoms with Gasteiger partial charge in [-0.25, -0.2) is 0 Å². The summed E-state index contributed by atoms with van der Waals surface area (Å²) >= 11 is 0. The van der Waals surface area contributed by atoms with Gasteiger partial charge in [0, 0.05) is 31.5 Å². The predicted molar refractivity (Wildman–Crippen MR) is 80.1 cm³/mol. The monoisotopic (exact) mass is 302 g/mol. The molecule has 1 saturated carbocycles. The summed E-state index contributed by atoms with van der Waals surface area (Å²) in [6, 6.07) is 0. The molecule has 0 unspecified atom stereocenters. The highest BCUT2D eigenvalue weighted by atomic mass is 16.5. The zero-order valence-corrected chi connectivity index (χ0v) is 12.8. The van der Waals surface area contributed by atoms with Crippen molar-refractivity contribution in [2.24, 2.45) is 5.92 Å². The van der Waals surface area contributed by atoms with Crippen LogP contribution in [-0.2, 0) is 19.4 Å². The Balaban J connectivity index is 1.44. The van der Waals surface area contributed by atoms with Crippen LogP contribution in [0.1, 0.15) is 55.7 Å². The molecule has 2 aliphatic rings. The van der Waals surface area contributed by atoms with Gasteiger partial charge < -0.3 is 14.4 Å². The second-order valence-electron chi connectivity index (χ2n) is 6.42. The molecule has 0 radical (unpaired) electrons. The number of aromatic nitrogens is 3. The average molecular weight is 302 g/mol. The van der Waals surface area contributed by atoms with Gasteiger partial charge in [0.2, 0.25) is 0 Å². The molecule has 0 spiro atoms. The molecular formula is C16H22N4O2.